The van der Waals surface area contributed by atoms with Crippen LogP contribution in [-0.2, 0) is 14.9 Å². The van der Waals surface area contributed by atoms with E-state index < -0.39 is 6.10 Å². The average Bonchev–Trinajstić information content (AvgIpc) is 2.96. The van der Waals surface area contributed by atoms with Gasteiger partial charge in [-0.1, -0.05) is 13.8 Å². The number of fused-ring (bicyclic) bond motifs is 1. The fourth-order valence-electron chi connectivity index (χ4n) is 3.41. The third kappa shape index (κ3) is 4.12. The van der Waals surface area contributed by atoms with Crippen LogP contribution in [0.1, 0.15) is 33.3 Å². The number of nitrogens with zero attached hydrogens (tertiary/aromatic N) is 2. The minimum absolute atomic E-state index is 0.0641. The standard InChI is InChI=1S/C20H28N2O5/c1-5-25-19(24)22-10-8-21(9-11-22)18(23)14(2)27-15-6-7-17-16(12-15)20(3,4)13-26-17/h6-7,12,14H,5,8-11,13H2,1-4H3. The van der Waals surface area contributed by atoms with Crippen LogP contribution in [0.2, 0.25) is 0 Å². The Morgan fingerprint density at radius 2 is 1.85 bits per heavy atom. The minimum Gasteiger partial charge on any atom is -0.492 e. The maximum absolute atomic E-state index is 12.7. The molecule has 0 aliphatic carbocycles. The SMILES string of the molecule is CCOC(=O)N1CCN(C(=O)C(C)Oc2ccc3c(c2)C(C)(C)CO3)CC1. The second kappa shape index (κ2) is 7.66. The Hall–Kier alpha value is -2.44. The normalized spacial score (nSPS) is 19.1. The van der Waals surface area contributed by atoms with Gasteiger partial charge in [0.25, 0.3) is 5.91 Å². The lowest BCUT2D eigenvalue weighted by Crippen LogP contribution is -2.53. The molecule has 0 spiro atoms. The molecule has 0 radical (unpaired) electrons. The second-order valence-electron chi connectivity index (χ2n) is 7.60. The summed E-state index contributed by atoms with van der Waals surface area (Å²) in [6.45, 7) is 10.7. The summed E-state index contributed by atoms with van der Waals surface area (Å²) >= 11 is 0. The van der Waals surface area contributed by atoms with Crippen LogP contribution < -0.4 is 9.47 Å². The van der Waals surface area contributed by atoms with Crippen LogP contribution in [0.3, 0.4) is 0 Å². The summed E-state index contributed by atoms with van der Waals surface area (Å²) in [5, 5.41) is 0. The van der Waals surface area contributed by atoms with Crippen LogP contribution in [0.4, 0.5) is 4.79 Å². The summed E-state index contributed by atoms with van der Waals surface area (Å²) in [7, 11) is 0. The molecule has 2 aliphatic heterocycles. The van der Waals surface area contributed by atoms with E-state index in [1.165, 1.54) is 0 Å². The Labute approximate surface area is 160 Å². The first kappa shape index (κ1) is 19.3. The van der Waals surface area contributed by atoms with Crippen molar-refractivity contribution in [2.45, 2.75) is 39.2 Å². The van der Waals surface area contributed by atoms with Crippen molar-refractivity contribution >= 4 is 12.0 Å². The zero-order chi connectivity index (χ0) is 19.6. The maximum atomic E-state index is 12.7. The van der Waals surface area contributed by atoms with Gasteiger partial charge in [0.2, 0.25) is 0 Å². The fourth-order valence-corrected chi connectivity index (χ4v) is 3.41. The Bertz CT molecular complexity index is 710. The van der Waals surface area contributed by atoms with Crippen molar-refractivity contribution in [1.29, 1.82) is 0 Å². The van der Waals surface area contributed by atoms with Gasteiger partial charge in [-0.3, -0.25) is 4.79 Å². The predicted molar refractivity (Wildman–Crippen MR) is 100 cm³/mol. The number of benzene rings is 1. The van der Waals surface area contributed by atoms with Crippen molar-refractivity contribution in [2.24, 2.45) is 0 Å². The number of carbonyl (C=O) groups is 2. The van der Waals surface area contributed by atoms with E-state index in [1.54, 1.807) is 23.6 Å². The first-order valence-corrected chi connectivity index (χ1v) is 9.46. The van der Waals surface area contributed by atoms with Gasteiger partial charge in [-0.15, -0.1) is 0 Å². The van der Waals surface area contributed by atoms with Gasteiger partial charge >= 0.3 is 6.09 Å². The number of rotatable bonds is 4. The lowest BCUT2D eigenvalue weighted by molar-refractivity contribution is -0.139. The van der Waals surface area contributed by atoms with Gasteiger partial charge in [-0.2, -0.15) is 0 Å². The Balaban J connectivity index is 1.57. The predicted octanol–water partition coefficient (Wildman–Crippen LogP) is 2.42. The molecular formula is C20H28N2O5. The van der Waals surface area contributed by atoms with Crippen LogP contribution in [0.5, 0.6) is 11.5 Å². The molecule has 1 fully saturated rings. The van der Waals surface area contributed by atoms with E-state index in [2.05, 4.69) is 13.8 Å². The molecule has 1 aromatic carbocycles. The summed E-state index contributed by atoms with van der Waals surface area (Å²) in [5.41, 5.74) is 1.04. The number of hydrogen-bond donors (Lipinski definition) is 0. The van der Waals surface area contributed by atoms with Gasteiger partial charge in [0.05, 0.1) is 13.2 Å². The highest BCUT2D eigenvalue weighted by Gasteiger charge is 2.33. The van der Waals surface area contributed by atoms with Crippen molar-refractivity contribution in [3.63, 3.8) is 0 Å². The molecule has 0 saturated carbocycles. The lowest BCUT2D eigenvalue weighted by Gasteiger charge is -2.35. The van der Waals surface area contributed by atoms with Crippen LogP contribution in [0.15, 0.2) is 18.2 Å². The molecule has 1 saturated heterocycles. The fraction of sp³-hybridized carbons (Fsp3) is 0.600. The topological polar surface area (TPSA) is 68.3 Å². The van der Waals surface area contributed by atoms with Crippen LogP contribution in [-0.4, -0.2) is 67.3 Å². The molecular weight excluding hydrogens is 348 g/mol. The molecule has 2 aliphatic rings. The molecule has 2 heterocycles. The van der Waals surface area contributed by atoms with Crippen LogP contribution in [0.25, 0.3) is 0 Å². The molecule has 0 bridgehead atoms. The summed E-state index contributed by atoms with van der Waals surface area (Å²) in [6.07, 6.45) is -0.917. The molecule has 7 nitrogen and oxygen atoms in total. The number of ether oxygens (including phenoxy) is 3. The van der Waals surface area contributed by atoms with Gasteiger partial charge in [0.15, 0.2) is 6.10 Å². The van der Waals surface area contributed by atoms with E-state index >= 15 is 0 Å². The summed E-state index contributed by atoms with van der Waals surface area (Å²) < 4.78 is 16.6. The summed E-state index contributed by atoms with van der Waals surface area (Å²) in [5.74, 6) is 1.47. The van der Waals surface area contributed by atoms with Gasteiger partial charge in [-0.05, 0) is 32.0 Å². The highest BCUT2D eigenvalue weighted by atomic mass is 16.6. The molecule has 27 heavy (non-hydrogen) atoms. The number of hydrogen-bond acceptors (Lipinski definition) is 5. The van der Waals surface area contributed by atoms with E-state index in [0.29, 0.717) is 45.1 Å². The maximum Gasteiger partial charge on any atom is 0.409 e. The van der Waals surface area contributed by atoms with Crippen LogP contribution in [0, 0.1) is 0 Å². The monoisotopic (exact) mass is 376 g/mol. The molecule has 3 rings (SSSR count). The highest BCUT2D eigenvalue weighted by Crippen LogP contribution is 2.40. The van der Waals surface area contributed by atoms with Crippen molar-refractivity contribution < 1.29 is 23.8 Å². The first-order chi connectivity index (χ1) is 12.8. The van der Waals surface area contributed by atoms with Gasteiger partial charge in [0.1, 0.15) is 11.5 Å². The molecule has 0 aromatic heterocycles. The van der Waals surface area contributed by atoms with Gasteiger partial charge in [0, 0.05) is 37.2 Å². The molecule has 2 amide bonds. The van der Waals surface area contributed by atoms with Crippen molar-refractivity contribution in [3.8, 4) is 11.5 Å². The largest absolute Gasteiger partial charge is 0.492 e. The third-order valence-electron chi connectivity index (χ3n) is 5.05. The van der Waals surface area contributed by atoms with Crippen molar-refractivity contribution in [2.75, 3.05) is 39.4 Å². The average molecular weight is 376 g/mol. The second-order valence-corrected chi connectivity index (χ2v) is 7.60. The van der Waals surface area contributed by atoms with E-state index in [4.69, 9.17) is 14.2 Å². The zero-order valence-corrected chi connectivity index (χ0v) is 16.5. The highest BCUT2D eigenvalue weighted by molar-refractivity contribution is 5.81. The van der Waals surface area contributed by atoms with Crippen molar-refractivity contribution in [3.05, 3.63) is 23.8 Å². The summed E-state index contributed by atoms with van der Waals surface area (Å²) in [6, 6.07) is 5.70. The lowest BCUT2D eigenvalue weighted by atomic mass is 9.87. The Morgan fingerprint density at radius 1 is 1.19 bits per heavy atom. The molecule has 0 N–H and O–H groups in total. The van der Waals surface area contributed by atoms with E-state index in [9.17, 15) is 9.59 Å². The van der Waals surface area contributed by atoms with Crippen LogP contribution >= 0.6 is 0 Å². The molecule has 1 aromatic rings. The molecule has 1 atom stereocenters. The third-order valence-corrected chi connectivity index (χ3v) is 5.05. The quantitative estimate of drug-likeness (QED) is 0.807. The molecule has 1 unspecified atom stereocenters. The summed E-state index contributed by atoms with van der Waals surface area (Å²) in [4.78, 5) is 27.8. The first-order valence-electron chi connectivity index (χ1n) is 9.46. The number of piperazine rings is 1. The van der Waals surface area contributed by atoms with Crippen molar-refractivity contribution in [1.82, 2.24) is 9.80 Å². The van der Waals surface area contributed by atoms with E-state index in [0.717, 1.165) is 11.3 Å². The number of carbonyl (C=O) groups excluding carboxylic acids is 2. The minimum atomic E-state index is -0.595. The molecule has 148 valence electrons. The van der Waals surface area contributed by atoms with Gasteiger partial charge in [-0.25, -0.2) is 4.79 Å². The Kier molecular flexibility index (Phi) is 5.48. The Morgan fingerprint density at radius 3 is 2.52 bits per heavy atom. The number of amides is 2. The van der Waals surface area contributed by atoms with E-state index in [-0.39, 0.29) is 17.4 Å². The van der Waals surface area contributed by atoms with E-state index in [1.807, 2.05) is 18.2 Å². The molecule has 7 heteroatoms. The zero-order valence-electron chi connectivity index (χ0n) is 16.5. The van der Waals surface area contributed by atoms with Gasteiger partial charge < -0.3 is 24.0 Å². The smallest absolute Gasteiger partial charge is 0.409 e.